The van der Waals surface area contributed by atoms with Crippen LogP contribution in [0.2, 0.25) is 0 Å². The Hall–Kier alpha value is -1.66. The summed E-state index contributed by atoms with van der Waals surface area (Å²) in [6, 6.07) is 1.58. The summed E-state index contributed by atoms with van der Waals surface area (Å²) in [7, 11) is 0. The van der Waals surface area contributed by atoms with Gasteiger partial charge >= 0.3 is 0 Å². The first-order valence-electron chi connectivity index (χ1n) is 3.37. The van der Waals surface area contributed by atoms with Crippen molar-refractivity contribution in [2.24, 2.45) is 0 Å². The number of carbonyl (C=O) groups is 1. The summed E-state index contributed by atoms with van der Waals surface area (Å²) in [4.78, 5) is 14.2. The average molecular weight is 161 g/mol. The third-order valence-electron chi connectivity index (χ3n) is 1.28. The lowest BCUT2D eigenvalue weighted by atomic mass is 10.2. The van der Waals surface area contributed by atoms with E-state index in [1.54, 1.807) is 6.07 Å². The van der Waals surface area contributed by atoms with Crippen molar-refractivity contribution in [3.8, 4) is 11.8 Å². The van der Waals surface area contributed by atoms with Gasteiger partial charge < -0.3 is 5.11 Å². The Bertz CT molecular complexity index is 336. The molecule has 1 aromatic rings. The number of aromatic nitrogens is 1. The predicted molar refractivity (Wildman–Crippen MR) is 43.6 cm³/mol. The molecule has 0 aliphatic rings. The van der Waals surface area contributed by atoms with Crippen LogP contribution in [-0.2, 0) is 0 Å². The summed E-state index contributed by atoms with van der Waals surface area (Å²) in [5, 5.41) is 8.41. The second kappa shape index (κ2) is 4.27. The fraction of sp³-hybridized carbons (Fsp3) is 0.111. The molecule has 1 aromatic heterocycles. The molecule has 60 valence electrons. The van der Waals surface area contributed by atoms with Gasteiger partial charge in [0.05, 0.1) is 5.56 Å². The van der Waals surface area contributed by atoms with E-state index in [-0.39, 0.29) is 6.61 Å². The highest BCUT2D eigenvalue weighted by molar-refractivity contribution is 5.78. The maximum atomic E-state index is 10.4. The Balaban J connectivity index is 3.05. The number of aldehydes is 1. The molecular weight excluding hydrogens is 154 g/mol. The number of carbonyl (C=O) groups excluding carboxylic acids is 1. The fourth-order valence-corrected chi connectivity index (χ4v) is 0.747. The van der Waals surface area contributed by atoms with Crippen LogP contribution in [0.5, 0.6) is 0 Å². The van der Waals surface area contributed by atoms with Crippen molar-refractivity contribution in [1.82, 2.24) is 4.98 Å². The number of rotatable bonds is 1. The molecule has 0 spiro atoms. The molecule has 0 aliphatic heterocycles. The van der Waals surface area contributed by atoms with E-state index in [1.165, 1.54) is 12.4 Å². The molecule has 0 aromatic carbocycles. The molecule has 0 fully saturated rings. The van der Waals surface area contributed by atoms with Crippen LogP contribution >= 0.6 is 0 Å². The topological polar surface area (TPSA) is 50.2 Å². The molecule has 12 heavy (non-hydrogen) atoms. The molecule has 0 saturated heterocycles. The lowest BCUT2D eigenvalue weighted by molar-refractivity contribution is 0.112. The lowest BCUT2D eigenvalue weighted by Gasteiger charge is -1.92. The highest BCUT2D eigenvalue weighted by atomic mass is 16.2. The molecule has 0 saturated carbocycles. The average Bonchev–Trinajstić information content (AvgIpc) is 2.15. The zero-order valence-electron chi connectivity index (χ0n) is 6.32. The second-order valence-corrected chi connectivity index (χ2v) is 2.04. The van der Waals surface area contributed by atoms with Crippen molar-refractivity contribution in [1.29, 1.82) is 0 Å². The Labute approximate surface area is 70.1 Å². The second-order valence-electron chi connectivity index (χ2n) is 2.04. The van der Waals surface area contributed by atoms with Crippen LogP contribution < -0.4 is 0 Å². The van der Waals surface area contributed by atoms with Crippen LogP contribution in [0, 0.1) is 11.8 Å². The molecule has 1 heterocycles. The van der Waals surface area contributed by atoms with Gasteiger partial charge in [0, 0.05) is 18.0 Å². The van der Waals surface area contributed by atoms with Gasteiger partial charge in [-0.3, -0.25) is 9.78 Å². The van der Waals surface area contributed by atoms with Crippen LogP contribution in [0.3, 0.4) is 0 Å². The number of aliphatic hydroxyl groups is 1. The van der Waals surface area contributed by atoms with E-state index in [2.05, 4.69) is 16.8 Å². The Morgan fingerprint density at radius 3 is 3.17 bits per heavy atom. The molecule has 0 aliphatic carbocycles. The molecular formula is C9H7NO2. The standard InChI is InChI=1S/C9H7NO2/c11-5-1-2-8-6-10-4-3-9(8)7-12/h3-4,6-7,11H,5H2. The van der Waals surface area contributed by atoms with Crippen molar-refractivity contribution in [2.75, 3.05) is 6.61 Å². The monoisotopic (exact) mass is 161 g/mol. The zero-order valence-corrected chi connectivity index (χ0v) is 6.32. The van der Waals surface area contributed by atoms with Crippen LogP contribution in [-0.4, -0.2) is 23.0 Å². The lowest BCUT2D eigenvalue weighted by Crippen LogP contribution is -1.88. The molecule has 0 amide bonds. The minimum Gasteiger partial charge on any atom is -0.384 e. The van der Waals surface area contributed by atoms with Gasteiger partial charge in [0.1, 0.15) is 6.61 Å². The third kappa shape index (κ3) is 1.91. The maximum Gasteiger partial charge on any atom is 0.151 e. The number of nitrogens with zero attached hydrogens (tertiary/aromatic N) is 1. The van der Waals surface area contributed by atoms with E-state index in [1.807, 2.05) is 0 Å². The largest absolute Gasteiger partial charge is 0.384 e. The van der Waals surface area contributed by atoms with Crippen molar-refractivity contribution in [3.63, 3.8) is 0 Å². The molecule has 3 nitrogen and oxygen atoms in total. The van der Waals surface area contributed by atoms with Crippen LogP contribution in [0.15, 0.2) is 18.5 Å². The smallest absolute Gasteiger partial charge is 0.151 e. The molecule has 1 N–H and O–H groups in total. The van der Waals surface area contributed by atoms with Gasteiger partial charge in [-0.25, -0.2) is 0 Å². The van der Waals surface area contributed by atoms with Gasteiger partial charge in [0.2, 0.25) is 0 Å². The minimum atomic E-state index is -0.215. The SMILES string of the molecule is O=Cc1ccncc1C#CCO. The van der Waals surface area contributed by atoms with Crippen LogP contribution in [0.4, 0.5) is 0 Å². The Morgan fingerprint density at radius 2 is 2.50 bits per heavy atom. The first-order valence-corrected chi connectivity index (χ1v) is 3.37. The van der Waals surface area contributed by atoms with Crippen molar-refractivity contribution in [2.45, 2.75) is 0 Å². The van der Waals surface area contributed by atoms with E-state index >= 15 is 0 Å². The van der Waals surface area contributed by atoms with Gasteiger partial charge in [-0.2, -0.15) is 0 Å². The summed E-state index contributed by atoms with van der Waals surface area (Å²) in [6.07, 6.45) is 3.73. The summed E-state index contributed by atoms with van der Waals surface area (Å²) in [5.74, 6) is 5.07. The normalized spacial score (nSPS) is 8.42. The molecule has 3 heteroatoms. The van der Waals surface area contributed by atoms with E-state index in [9.17, 15) is 4.79 Å². The van der Waals surface area contributed by atoms with E-state index in [0.29, 0.717) is 17.4 Å². The summed E-state index contributed by atoms with van der Waals surface area (Å²) in [5.41, 5.74) is 1.03. The molecule has 0 bridgehead atoms. The zero-order chi connectivity index (χ0) is 8.81. The highest BCUT2D eigenvalue weighted by Crippen LogP contribution is 2.00. The van der Waals surface area contributed by atoms with Gasteiger partial charge in [0.15, 0.2) is 6.29 Å². The molecule has 0 unspecified atom stereocenters. The van der Waals surface area contributed by atoms with Crippen molar-refractivity contribution < 1.29 is 9.90 Å². The summed E-state index contributed by atoms with van der Waals surface area (Å²) < 4.78 is 0. The van der Waals surface area contributed by atoms with Crippen LogP contribution in [0.25, 0.3) is 0 Å². The Kier molecular flexibility index (Phi) is 3.00. The van der Waals surface area contributed by atoms with E-state index in [0.717, 1.165) is 0 Å². The first kappa shape index (κ1) is 8.44. The predicted octanol–water partition coefficient (Wildman–Crippen LogP) is 0.238. The summed E-state index contributed by atoms with van der Waals surface area (Å²) >= 11 is 0. The first-order chi connectivity index (χ1) is 5.88. The van der Waals surface area contributed by atoms with Gasteiger partial charge in [-0.15, -0.1) is 0 Å². The fourth-order valence-electron chi connectivity index (χ4n) is 0.747. The minimum absolute atomic E-state index is 0.215. The molecule has 1 rings (SSSR count). The van der Waals surface area contributed by atoms with E-state index in [4.69, 9.17) is 5.11 Å². The number of hydrogen-bond donors (Lipinski definition) is 1. The van der Waals surface area contributed by atoms with Crippen molar-refractivity contribution >= 4 is 6.29 Å². The van der Waals surface area contributed by atoms with Gasteiger partial charge in [-0.1, -0.05) is 11.8 Å². The maximum absolute atomic E-state index is 10.4. The number of hydrogen-bond acceptors (Lipinski definition) is 3. The number of aliphatic hydroxyl groups excluding tert-OH is 1. The third-order valence-corrected chi connectivity index (χ3v) is 1.28. The number of pyridine rings is 1. The van der Waals surface area contributed by atoms with E-state index < -0.39 is 0 Å². The Morgan fingerprint density at radius 1 is 1.67 bits per heavy atom. The summed E-state index contributed by atoms with van der Waals surface area (Å²) in [6.45, 7) is -0.215. The van der Waals surface area contributed by atoms with Crippen LogP contribution in [0.1, 0.15) is 15.9 Å². The van der Waals surface area contributed by atoms with Gasteiger partial charge in [-0.05, 0) is 6.07 Å². The molecule has 0 radical (unpaired) electrons. The molecule has 0 atom stereocenters. The van der Waals surface area contributed by atoms with Crippen molar-refractivity contribution in [3.05, 3.63) is 29.6 Å². The quantitative estimate of drug-likeness (QED) is 0.474. The highest BCUT2D eigenvalue weighted by Gasteiger charge is 1.95. The van der Waals surface area contributed by atoms with Gasteiger partial charge in [0.25, 0.3) is 0 Å².